The number of rotatable bonds is 15. The second-order valence-corrected chi connectivity index (χ2v) is 10.3. The molecule has 1 heterocycles. The van der Waals surface area contributed by atoms with Gasteiger partial charge in [0.15, 0.2) is 0 Å². The Kier molecular flexibility index (Phi) is 15.2. The molecule has 3 rings (SSSR count). The van der Waals surface area contributed by atoms with Crippen molar-refractivity contribution in [3.63, 3.8) is 0 Å². The molecule has 226 valence electrons. The molecule has 1 aliphatic heterocycles. The summed E-state index contributed by atoms with van der Waals surface area (Å²) in [7, 11) is 0. The van der Waals surface area contributed by atoms with E-state index in [1.54, 1.807) is 19.1 Å². The Morgan fingerprint density at radius 1 is 1.02 bits per heavy atom. The maximum atomic E-state index is 13.6. The van der Waals surface area contributed by atoms with Gasteiger partial charge in [-0.1, -0.05) is 24.3 Å². The molecular formula is C29H38Cl3FN4O4. The maximum absolute atomic E-state index is 13.6. The third kappa shape index (κ3) is 11.0. The van der Waals surface area contributed by atoms with Crippen LogP contribution in [0.4, 0.5) is 10.1 Å². The van der Waals surface area contributed by atoms with E-state index in [-0.39, 0.29) is 43.8 Å². The minimum Gasteiger partial charge on any atom is -0.464 e. The molecule has 0 radical (unpaired) electrons. The van der Waals surface area contributed by atoms with Crippen LogP contribution < -0.4 is 20.9 Å². The lowest BCUT2D eigenvalue weighted by atomic mass is 10.0. The molecule has 2 amide bonds. The van der Waals surface area contributed by atoms with Gasteiger partial charge >= 0.3 is 5.97 Å². The molecule has 8 nitrogen and oxygen atoms in total. The molecule has 1 saturated heterocycles. The zero-order chi connectivity index (χ0) is 28.9. The molecular weight excluding hydrogens is 594 g/mol. The second kappa shape index (κ2) is 18.1. The van der Waals surface area contributed by atoms with Crippen molar-refractivity contribution in [2.24, 2.45) is 0 Å². The van der Waals surface area contributed by atoms with Crippen LogP contribution in [0.15, 0.2) is 48.5 Å². The second-order valence-electron chi connectivity index (χ2n) is 9.59. The van der Waals surface area contributed by atoms with E-state index < -0.39 is 29.8 Å². The van der Waals surface area contributed by atoms with Gasteiger partial charge in [-0.05, 0) is 61.7 Å². The number of esters is 1. The standard InChI is InChI=1S/C29H37Cl2FN4O4.ClH/c1-2-40-29(39)26(18-20-8-10-22(32)11-9-20)35-28(38)25(34-27(37)24-7-4-14-33-24)19-21-5-3-6-23(17-21)36(15-12-30)16-13-31;/h3,5-6,8-11,17,24-26,33H,2,4,7,12-16,18-19H2,1H3,(H,34,37)(H,35,38);1H/t24-,25-,26-;/m0./s1. The van der Waals surface area contributed by atoms with Crippen LogP contribution in [0, 0.1) is 5.82 Å². The van der Waals surface area contributed by atoms with E-state index >= 15 is 0 Å². The normalized spacial score (nSPS) is 15.8. The van der Waals surface area contributed by atoms with Gasteiger partial charge in [0.1, 0.15) is 17.9 Å². The van der Waals surface area contributed by atoms with E-state index in [1.807, 2.05) is 24.3 Å². The van der Waals surface area contributed by atoms with Crippen molar-refractivity contribution in [3.05, 3.63) is 65.5 Å². The van der Waals surface area contributed by atoms with Crippen LogP contribution >= 0.6 is 35.6 Å². The summed E-state index contributed by atoms with van der Waals surface area (Å²) >= 11 is 12.0. The highest BCUT2D eigenvalue weighted by Gasteiger charge is 2.31. The summed E-state index contributed by atoms with van der Waals surface area (Å²) in [5.74, 6) is -0.940. The number of benzene rings is 2. The van der Waals surface area contributed by atoms with Crippen LogP contribution in [0.2, 0.25) is 0 Å². The number of carbonyl (C=O) groups is 3. The van der Waals surface area contributed by atoms with Gasteiger partial charge < -0.3 is 25.6 Å². The molecule has 2 aromatic rings. The predicted molar refractivity (Wildman–Crippen MR) is 163 cm³/mol. The predicted octanol–water partition coefficient (Wildman–Crippen LogP) is 3.60. The highest BCUT2D eigenvalue weighted by molar-refractivity contribution is 6.18. The third-order valence-corrected chi connectivity index (χ3v) is 7.01. The van der Waals surface area contributed by atoms with Crippen LogP contribution in [-0.4, -0.2) is 73.9 Å². The van der Waals surface area contributed by atoms with E-state index in [0.717, 1.165) is 24.2 Å². The number of amides is 2. The number of ether oxygens (including phenoxy) is 1. The Labute approximate surface area is 257 Å². The molecule has 3 atom stereocenters. The van der Waals surface area contributed by atoms with Crippen LogP contribution in [0.25, 0.3) is 0 Å². The molecule has 0 bridgehead atoms. The fourth-order valence-corrected chi connectivity index (χ4v) is 5.05. The van der Waals surface area contributed by atoms with Crippen LogP contribution in [0.3, 0.4) is 0 Å². The average Bonchev–Trinajstić information content (AvgIpc) is 3.49. The highest BCUT2D eigenvalue weighted by Crippen LogP contribution is 2.18. The van der Waals surface area contributed by atoms with E-state index in [1.165, 1.54) is 12.1 Å². The molecule has 1 fully saturated rings. The van der Waals surface area contributed by atoms with Gasteiger partial charge in [0.2, 0.25) is 11.8 Å². The Morgan fingerprint density at radius 3 is 2.32 bits per heavy atom. The molecule has 0 saturated carbocycles. The molecule has 3 N–H and O–H groups in total. The highest BCUT2D eigenvalue weighted by atomic mass is 35.5. The first kappa shape index (κ1) is 34.6. The maximum Gasteiger partial charge on any atom is 0.328 e. The number of nitrogens with one attached hydrogen (secondary N) is 3. The number of nitrogens with zero attached hydrogens (tertiary/aromatic N) is 1. The molecule has 0 unspecified atom stereocenters. The lowest BCUT2D eigenvalue weighted by Gasteiger charge is -2.25. The number of hydrogen-bond donors (Lipinski definition) is 3. The summed E-state index contributed by atoms with van der Waals surface area (Å²) in [5, 5.41) is 8.80. The molecule has 0 aromatic heterocycles. The SMILES string of the molecule is CCOC(=O)[C@H](Cc1ccc(F)cc1)NC(=O)[C@H](Cc1cccc(N(CCCl)CCCl)c1)NC(=O)[C@@H]1CCCN1.Cl. The van der Waals surface area contributed by atoms with Crippen molar-refractivity contribution in [3.8, 4) is 0 Å². The van der Waals surface area contributed by atoms with Crippen molar-refractivity contribution in [2.75, 3.05) is 42.9 Å². The zero-order valence-electron chi connectivity index (χ0n) is 23.0. The van der Waals surface area contributed by atoms with Crippen molar-refractivity contribution < 1.29 is 23.5 Å². The third-order valence-electron chi connectivity index (χ3n) is 6.67. The molecule has 0 aliphatic carbocycles. The fraction of sp³-hybridized carbons (Fsp3) is 0.483. The Hall–Kier alpha value is -2.59. The summed E-state index contributed by atoms with van der Waals surface area (Å²) in [6.07, 6.45) is 1.85. The van der Waals surface area contributed by atoms with Crippen molar-refractivity contribution in [2.45, 2.75) is 50.7 Å². The van der Waals surface area contributed by atoms with Gasteiger partial charge in [-0.15, -0.1) is 35.6 Å². The van der Waals surface area contributed by atoms with Gasteiger partial charge in [0, 0.05) is 43.4 Å². The number of anilines is 1. The van der Waals surface area contributed by atoms with Crippen LogP contribution in [-0.2, 0) is 32.0 Å². The minimum absolute atomic E-state index is 0. The first-order chi connectivity index (χ1) is 19.3. The van der Waals surface area contributed by atoms with E-state index in [0.29, 0.717) is 36.8 Å². The summed E-state index contributed by atoms with van der Waals surface area (Å²) < 4.78 is 18.6. The number of hydrogen-bond acceptors (Lipinski definition) is 6. The minimum atomic E-state index is -1.02. The van der Waals surface area contributed by atoms with Crippen LogP contribution in [0.5, 0.6) is 0 Å². The Bertz CT molecular complexity index is 1110. The van der Waals surface area contributed by atoms with Gasteiger partial charge in [-0.2, -0.15) is 0 Å². The topological polar surface area (TPSA) is 99.8 Å². The van der Waals surface area contributed by atoms with E-state index in [4.69, 9.17) is 27.9 Å². The van der Waals surface area contributed by atoms with Crippen molar-refractivity contribution in [1.82, 2.24) is 16.0 Å². The van der Waals surface area contributed by atoms with Crippen molar-refractivity contribution in [1.29, 1.82) is 0 Å². The molecule has 1 aliphatic rings. The van der Waals surface area contributed by atoms with Crippen LogP contribution in [0.1, 0.15) is 30.9 Å². The summed E-state index contributed by atoms with van der Waals surface area (Å²) in [5.41, 5.74) is 2.38. The lowest BCUT2D eigenvalue weighted by Crippen LogP contribution is -2.55. The van der Waals surface area contributed by atoms with Crippen molar-refractivity contribution >= 4 is 59.1 Å². The zero-order valence-corrected chi connectivity index (χ0v) is 25.4. The van der Waals surface area contributed by atoms with E-state index in [2.05, 4.69) is 20.9 Å². The van der Waals surface area contributed by atoms with Gasteiger partial charge in [-0.3, -0.25) is 9.59 Å². The van der Waals surface area contributed by atoms with Gasteiger partial charge in [0.05, 0.1) is 12.6 Å². The first-order valence-electron chi connectivity index (χ1n) is 13.6. The first-order valence-corrected chi connectivity index (χ1v) is 14.6. The number of halogens is 4. The summed E-state index contributed by atoms with van der Waals surface area (Å²) in [6, 6.07) is 11.0. The fourth-order valence-electron chi connectivity index (χ4n) is 4.64. The smallest absolute Gasteiger partial charge is 0.328 e. The molecule has 12 heteroatoms. The number of alkyl halides is 2. The Morgan fingerprint density at radius 2 is 1.71 bits per heavy atom. The largest absolute Gasteiger partial charge is 0.464 e. The Balaban J connectivity index is 0.00000588. The molecule has 41 heavy (non-hydrogen) atoms. The average molecular weight is 632 g/mol. The molecule has 0 spiro atoms. The number of carbonyl (C=O) groups excluding carboxylic acids is 3. The lowest BCUT2D eigenvalue weighted by molar-refractivity contribution is -0.147. The van der Waals surface area contributed by atoms with E-state index in [9.17, 15) is 18.8 Å². The summed E-state index contributed by atoms with van der Waals surface area (Å²) in [6.45, 7) is 3.76. The monoisotopic (exact) mass is 630 g/mol. The molecule has 2 aromatic carbocycles. The van der Waals surface area contributed by atoms with Gasteiger partial charge in [0.25, 0.3) is 0 Å². The quantitative estimate of drug-likeness (QED) is 0.205. The van der Waals surface area contributed by atoms with Gasteiger partial charge in [-0.25, -0.2) is 9.18 Å². The summed E-state index contributed by atoms with van der Waals surface area (Å²) in [4.78, 5) is 41.5.